The number of amides is 1. The second-order valence-electron chi connectivity index (χ2n) is 3.48. The van der Waals surface area contributed by atoms with E-state index in [0.717, 1.165) is 0 Å². The number of rotatable bonds is 4. The summed E-state index contributed by atoms with van der Waals surface area (Å²) in [6.45, 7) is 0. The number of nitrogens with one attached hydrogen (secondary N) is 2. The molecule has 4 N–H and O–H groups in total. The minimum atomic E-state index is -0.576. The summed E-state index contributed by atoms with van der Waals surface area (Å²) in [7, 11) is 1.33. The highest BCUT2D eigenvalue weighted by molar-refractivity contribution is 7.80. The van der Waals surface area contributed by atoms with Gasteiger partial charge >= 0.3 is 5.69 Å². The highest BCUT2D eigenvalue weighted by Crippen LogP contribution is 2.27. The summed E-state index contributed by atoms with van der Waals surface area (Å²) >= 11 is 4.51. The molecule has 0 aromatic heterocycles. The molecule has 1 rings (SSSR count). The van der Waals surface area contributed by atoms with Crippen molar-refractivity contribution in [2.24, 2.45) is 5.73 Å². The van der Waals surface area contributed by atoms with Crippen LogP contribution < -0.4 is 21.3 Å². The largest absolute Gasteiger partial charge is 0.490 e. The van der Waals surface area contributed by atoms with E-state index in [4.69, 9.17) is 10.5 Å². The SMILES string of the molecule is COc1ccc(CC(=O)NNC(N)=S)cc1[N+](=O)[O-]. The summed E-state index contributed by atoms with van der Waals surface area (Å²) in [6.07, 6.45) is -0.0551. The quantitative estimate of drug-likeness (QED) is 0.404. The molecule has 0 atom stereocenters. The van der Waals surface area contributed by atoms with Crippen LogP contribution in [0.1, 0.15) is 5.56 Å². The van der Waals surface area contributed by atoms with Gasteiger partial charge in [0, 0.05) is 6.07 Å². The number of nitro groups is 1. The standard InChI is InChI=1S/C10H12N4O4S/c1-18-8-3-2-6(4-7(8)14(16)17)5-9(15)12-13-10(11)19/h2-4H,5H2,1H3,(H,12,15)(H3,11,13,19). The minimum Gasteiger partial charge on any atom is -0.490 e. The number of hydrogen-bond acceptors (Lipinski definition) is 5. The third-order valence-electron chi connectivity index (χ3n) is 2.13. The first-order chi connectivity index (χ1) is 8.93. The van der Waals surface area contributed by atoms with Gasteiger partial charge < -0.3 is 10.5 Å². The van der Waals surface area contributed by atoms with Crippen molar-refractivity contribution in [3.8, 4) is 5.75 Å². The van der Waals surface area contributed by atoms with Gasteiger partial charge in [-0.2, -0.15) is 0 Å². The van der Waals surface area contributed by atoms with Gasteiger partial charge in [0.05, 0.1) is 18.5 Å². The average Bonchev–Trinajstić information content (AvgIpc) is 2.36. The zero-order valence-electron chi connectivity index (χ0n) is 10.0. The van der Waals surface area contributed by atoms with Gasteiger partial charge in [-0.25, -0.2) is 0 Å². The Labute approximate surface area is 114 Å². The number of benzene rings is 1. The molecule has 102 valence electrons. The summed E-state index contributed by atoms with van der Waals surface area (Å²) in [5, 5.41) is 10.7. The molecule has 1 aromatic carbocycles. The molecule has 1 amide bonds. The Bertz CT molecular complexity index is 520. The summed E-state index contributed by atoms with van der Waals surface area (Å²) in [5.74, 6) is -0.289. The van der Waals surface area contributed by atoms with Crippen molar-refractivity contribution >= 4 is 28.9 Å². The van der Waals surface area contributed by atoms with Crippen molar-refractivity contribution in [2.75, 3.05) is 7.11 Å². The smallest absolute Gasteiger partial charge is 0.311 e. The van der Waals surface area contributed by atoms with Crippen LogP contribution in [-0.2, 0) is 11.2 Å². The second kappa shape index (κ2) is 6.50. The van der Waals surface area contributed by atoms with Crippen molar-refractivity contribution in [2.45, 2.75) is 6.42 Å². The highest BCUT2D eigenvalue weighted by Gasteiger charge is 2.16. The summed E-state index contributed by atoms with van der Waals surface area (Å²) in [6, 6.07) is 4.27. The number of carbonyl (C=O) groups excluding carboxylic acids is 1. The Morgan fingerprint density at radius 3 is 2.74 bits per heavy atom. The van der Waals surface area contributed by atoms with Crippen LogP contribution in [0, 0.1) is 10.1 Å². The van der Waals surface area contributed by atoms with Gasteiger partial charge in [0.15, 0.2) is 10.9 Å². The molecular weight excluding hydrogens is 272 g/mol. The maximum atomic E-state index is 11.5. The van der Waals surface area contributed by atoms with Gasteiger partial charge in [-0.3, -0.25) is 25.8 Å². The summed E-state index contributed by atoms with van der Waals surface area (Å²) in [5.41, 5.74) is 9.93. The van der Waals surface area contributed by atoms with Crippen molar-refractivity contribution in [3.05, 3.63) is 33.9 Å². The predicted molar refractivity (Wildman–Crippen MR) is 71.4 cm³/mol. The number of ether oxygens (including phenoxy) is 1. The molecule has 19 heavy (non-hydrogen) atoms. The van der Waals surface area contributed by atoms with Crippen LogP contribution in [0.15, 0.2) is 18.2 Å². The lowest BCUT2D eigenvalue weighted by molar-refractivity contribution is -0.385. The number of carbonyl (C=O) groups is 1. The third kappa shape index (κ3) is 4.39. The lowest BCUT2D eigenvalue weighted by atomic mass is 10.1. The van der Waals surface area contributed by atoms with Crippen molar-refractivity contribution in [1.29, 1.82) is 0 Å². The van der Waals surface area contributed by atoms with Crippen LogP contribution in [-0.4, -0.2) is 23.1 Å². The molecule has 0 spiro atoms. The van der Waals surface area contributed by atoms with Crippen molar-refractivity contribution < 1.29 is 14.5 Å². The van der Waals surface area contributed by atoms with Crippen LogP contribution in [0.2, 0.25) is 0 Å². The topological polar surface area (TPSA) is 120 Å². The monoisotopic (exact) mass is 284 g/mol. The molecule has 0 aliphatic carbocycles. The molecular formula is C10H12N4O4S. The van der Waals surface area contributed by atoms with Crippen LogP contribution in [0.5, 0.6) is 5.75 Å². The van der Waals surface area contributed by atoms with Crippen LogP contribution in [0.4, 0.5) is 5.69 Å². The van der Waals surface area contributed by atoms with Crippen LogP contribution in [0.3, 0.4) is 0 Å². The van der Waals surface area contributed by atoms with E-state index in [-0.39, 0.29) is 23.0 Å². The molecule has 8 nitrogen and oxygen atoms in total. The molecule has 1 aromatic rings. The van der Waals surface area contributed by atoms with Gasteiger partial charge in [0.2, 0.25) is 5.91 Å². The molecule has 0 saturated carbocycles. The van der Waals surface area contributed by atoms with Gasteiger partial charge in [-0.15, -0.1) is 0 Å². The number of nitro benzene ring substituents is 1. The number of hydrogen-bond donors (Lipinski definition) is 3. The first-order valence-corrected chi connectivity index (χ1v) is 5.50. The maximum Gasteiger partial charge on any atom is 0.311 e. The number of nitrogens with two attached hydrogens (primary N) is 1. The average molecular weight is 284 g/mol. The number of nitrogens with zero attached hydrogens (tertiary/aromatic N) is 1. The van der Waals surface area contributed by atoms with E-state index in [0.29, 0.717) is 5.56 Å². The molecule has 0 aliphatic heterocycles. The molecule has 0 bridgehead atoms. The Hall–Kier alpha value is -2.42. The molecule has 0 heterocycles. The Morgan fingerprint density at radius 1 is 1.53 bits per heavy atom. The molecule has 0 fully saturated rings. The molecule has 9 heteroatoms. The zero-order chi connectivity index (χ0) is 14.4. The highest BCUT2D eigenvalue weighted by atomic mass is 32.1. The van der Waals surface area contributed by atoms with Gasteiger partial charge in [-0.1, -0.05) is 6.07 Å². The van der Waals surface area contributed by atoms with Gasteiger partial charge in [0.1, 0.15) is 0 Å². The van der Waals surface area contributed by atoms with Crippen LogP contribution >= 0.6 is 12.2 Å². The lowest BCUT2D eigenvalue weighted by Gasteiger charge is -2.07. The first-order valence-electron chi connectivity index (χ1n) is 5.09. The van der Waals surface area contributed by atoms with E-state index in [1.54, 1.807) is 6.07 Å². The molecule has 0 unspecified atom stereocenters. The van der Waals surface area contributed by atoms with E-state index < -0.39 is 10.8 Å². The third-order valence-corrected chi connectivity index (χ3v) is 2.23. The normalized spacial score (nSPS) is 9.53. The molecule has 0 saturated heterocycles. The number of thiocarbonyl (C=S) groups is 1. The maximum absolute atomic E-state index is 11.5. The van der Waals surface area contributed by atoms with Gasteiger partial charge in [0.25, 0.3) is 0 Å². The number of hydrazine groups is 1. The summed E-state index contributed by atoms with van der Waals surface area (Å²) in [4.78, 5) is 21.7. The molecule has 0 radical (unpaired) electrons. The van der Waals surface area contributed by atoms with E-state index >= 15 is 0 Å². The van der Waals surface area contributed by atoms with E-state index in [1.807, 2.05) is 0 Å². The Kier molecular flexibility index (Phi) is 5.01. The number of methoxy groups -OCH3 is 1. The fourth-order valence-electron chi connectivity index (χ4n) is 1.35. The minimum absolute atomic E-state index is 0.0551. The van der Waals surface area contributed by atoms with Crippen LogP contribution in [0.25, 0.3) is 0 Å². The Balaban J connectivity index is 2.79. The van der Waals surface area contributed by atoms with Crippen molar-refractivity contribution in [1.82, 2.24) is 10.9 Å². The van der Waals surface area contributed by atoms with Gasteiger partial charge in [-0.05, 0) is 23.8 Å². The predicted octanol–water partition coefficient (Wildman–Crippen LogP) is 0.0103. The van der Waals surface area contributed by atoms with E-state index in [9.17, 15) is 14.9 Å². The lowest BCUT2D eigenvalue weighted by Crippen LogP contribution is -2.44. The fraction of sp³-hybridized carbons (Fsp3) is 0.200. The van der Waals surface area contributed by atoms with E-state index in [2.05, 4.69) is 23.1 Å². The Morgan fingerprint density at radius 2 is 2.21 bits per heavy atom. The first kappa shape index (κ1) is 14.6. The van der Waals surface area contributed by atoms with Crippen molar-refractivity contribution in [3.63, 3.8) is 0 Å². The fourth-order valence-corrected chi connectivity index (χ4v) is 1.40. The van der Waals surface area contributed by atoms with E-state index in [1.165, 1.54) is 19.2 Å². The summed E-state index contributed by atoms with van der Waals surface area (Å²) < 4.78 is 4.86. The zero-order valence-corrected chi connectivity index (χ0v) is 10.8. The molecule has 0 aliphatic rings. The second-order valence-corrected chi connectivity index (χ2v) is 3.92.